The summed E-state index contributed by atoms with van der Waals surface area (Å²) < 4.78 is 8.85. The number of para-hydroxylation sites is 2. The molecule has 0 N–H and O–H groups in total. The van der Waals surface area contributed by atoms with Gasteiger partial charge in [0.15, 0.2) is 17.5 Å². The quantitative estimate of drug-likeness (QED) is 0.178. The first-order valence-electron chi connectivity index (χ1n) is 17.9. The minimum atomic E-state index is 0.607. The van der Waals surface area contributed by atoms with Crippen LogP contribution < -0.4 is 0 Å². The molecule has 0 fully saturated rings. The zero-order valence-electron chi connectivity index (χ0n) is 28.8. The van der Waals surface area contributed by atoms with Crippen molar-refractivity contribution < 1.29 is 4.42 Å². The van der Waals surface area contributed by atoms with E-state index in [0.29, 0.717) is 17.5 Å². The molecule has 7 aromatic carbocycles. The Morgan fingerprint density at radius 3 is 1.91 bits per heavy atom. The molecule has 0 spiro atoms. The molecule has 0 aliphatic rings. The topological polar surface area (TPSA) is 64.7 Å². The van der Waals surface area contributed by atoms with E-state index in [0.717, 1.165) is 76.6 Å². The van der Waals surface area contributed by atoms with Gasteiger partial charge in [-0.15, -0.1) is 11.3 Å². The fraction of sp³-hybridized carbons (Fsp3) is 0. The summed E-state index contributed by atoms with van der Waals surface area (Å²) in [5, 5.41) is 5.50. The van der Waals surface area contributed by atoms with E-state index in [1.807, 2.05) is 42.5 Å². The lowest BCUT2D eigenvalue weighted by Gasteiger charge is -2.11. The summed E-state index contributed by atoms with van der Waals surface area (Å²) in [5.74, 6) is 1.87. The highest BCUT2D eigenvalue weighted by atomic mass is 32.1. The zero-order valence-corrected chi connectivity index (χ0v) is 29.6. The first-order valence-corrected chi connectivity index (χ1v) is 18.7. The molecule has 54 heavy (non-hydrogen) atoms. The average Bonchev–Trinajstić information content (AvgIpc) is 3.83. The van der Waals surface area contributed by atoms with E-state index in [4.69, 9.17) is 24.4 Å². The predicted octanol–water partition coefficient (Wildman–Crippen LogP) is 13.0. The third-order valence-corrected chi connectivity index (χ3v) is 11.4. The number of aromatic nitrogens is 4. The molecular formula is C48H28N4OS. The molecule has 5 nitrogen and oxygen atoms in total. The summed E-state index contributed by atoms with van der Waals surface area (Å²) in [6.45, 7) is 0. The summed E-state index contributed by atoms with van der Waals surface area (Å²) in [4.78, 5) is 20.7. The van der Waals surface area contributed by atoms with Crippen molar-refractivity contribution >= 4 is 64.4 Å². The summed E-state index contributed by atoms with van der Waals surface area (Å²) in [6, 6.07) is 58.5. The molecule has 11 rings (SSSR count). The number of rotatable bonds is 5. The first kappa shape index (κ1) is 30.6. The van der Waals surface area contributed by atoms with Gasteiger partial charge in [-0.3, -0.25) is 0 Å². The molecule has 0 saturated carbocycles. The molecule has 0 bridgehead atoms. The Morgan fingerprint density at radius 1 is 0.407 bits per heavy atom. The minimum absolute atomic E-state index is 0.607. The maximum absolute atomic E-state index is 6.45. The molecule has 0 radical (unpaired) electrons. The Kier molecular flexibility index (Phi) is 6.97. The third-order valence-electron chi connectivity index (χ3n) is 10.1. The monoisotopic (exact) mass is 708 g/mol. The van der Waals surface area contributed by atoms with Gasteiger partial charge in [-0.05, 0) is 47.5 Å². The van der Waals surface area contributed by atoms with Crippen LogP contribution in [0.25, 0.3) is 110 Å². The first-order chi connectivity index (χ1) is 26.7. The van der Waals surface area contributed by atoms with Gasteiger partial charge in [-0.25, -0.2) is 19.9 Å². The predicted molar refractivity (Wildman–Crippen MR) is 222 cm³/mol. The Balaban J connectivity index is 1.09. The lowest BCUT2D eigenvalue weighted by molar-refractivity contribution is 0.672. The van der Waals surface area contributed by atoms with Gasteiger partial charge in [0.2, 0.25) is 0 Å². The van der Waals surface area contributed by atoms with E-state index in [-0.39, 0.29) is 0 Å². The molecule has 0 saturated heterocycles. The van der Waals surface area contributed by atoms with Crippen LogP contribution in [-0.4, -0.2) is 19.9 Å². The van der Waals surface area contributed by atoms with E-state index >= 15 is 0 Å². The van der Waals surface area contributed by atoms with Crippen LogP contribution in [0.4, 0.5) is 0 Å². The number of thiophene rings is 1. The maximum Gasteiger partial charge on any atom is 0.165 e. The van der Waals surface area contributed by atoms with Gasteiger partial charge < -0.3 is 4.42 Å². The summed E-state index contributed by atoms with van der Waals surface area (Å²) in [7, 11) is 0. The minimum Gasteiger partial charge on any atom is -0.455 e. The van der Waals surface area contributed by atoms with Crippen LogP contribution >= 0.6 is 11.3 Å². The van der Waals surface area contributed by atoms with E-state index < -0.39 is 0 Å². The van der Waals surface area contributed by atoms with Gasteiger partial charge >= 0.3 is 0 Å². The highest BCUT2D eigenvalue weighted by Gasteiger charge is 2.20. The van der Waals surface area contributed by atoms with E-state index in [1.54, 1.807) is 11.3 Å². The largest absolute Gasteiger partial charge is 0.455 e. The Labute approximate surface area is 313 Å². The van der Waals surface area contributed by atoms with Crippen LogP contribution in [0.15, 0.2) is 174 Å². The number of nitrogens with zero attached hydrogens (tertiary/aromatic N) is 4. The van der Waals surface area contributed by atoms with Crippen molar-refractivity contribution in [2.45, 2.75) is 0 Å². The van der Waals surface area contributed by atoms with Crippen LogP contribution in [0.1, 0.15) is 0 Å². The SMILES string of the molecule is c1ccc(-c2cccc(-c3nc(-c4ccc(-c5nc6ccccc6c6oc7ccccc7c56)cc4)nc(-c4cccc5c4sc4ccccc45)n3)c2)cc1. The summed E-state index contributed by atoms with van der Waals surface area (Å²) in [5.41, 5.74) is 9.51. The highest BCUT2D eigenvalue weighted by molar-refractivity contribution is 7.26. The fourth-order valence-electron chi connectivity index (χ4n) is 7.54. The molecule has 6 heteroatoms. The van der Waals surface area contributed by atoms with Crippen molar-refractivity contribution in [1.82, 2.24) is 19.9 Å². The number of furan rings is 1. The fourth-order valence-corrected chi connectivity index (χ4v) is 8.75. The normalized spacial score (nSPS) is 11.7. The van der Waals surface area contributed by atoms with Crippen molar-refractivity contribution in [2.24, 2.45) is 0 Å². The van der Waals surface area contributed by atoms with Crippen LogP contribution in [0.3, 0.4) is 0 Å². The standard InChI is InChI=1S/C48H28N4OS/c1-2-12-29(13-3-1)32-14-10-15-33(28-32)47-50-46(51-48(52-47)38-20-11-19-35-34-16-6-9-23-41(34)54-45(35)38)31-26-24-30(25-27-31)43-42-37-18-5-8-22-40(37)53-44(42)36-17-4-7-21-39(36)49-43/h1-28H. The van der Waals surface area contributed by atoms with Crippen LogP contribution in [0, 0.1) is 0 Å². The van der Waals surface area contributed by atoms with Crippen LogP contribution in [0.2, 0.25) is 0 Å². The maximum atomic E-state index is 6.45. The summed E-state index contributed by atoms with van der Waals surface area (Å²) >= 11 is 1.77. The van der Waals surface area contributed by atoms with Crippen molar-refractivity contribution in [3.8, 4) is 56.5 Å². The molecule has 4 heterocycles. The lowest BCUT2D eigenvalue weighted by atomic mass is 10.0. The van der Waals surface area contributed by atoms with Gasteiger partial charge in [-0.2, -0.15) is 0 Å². The second-order valence-electron chi connectivity index (χ2n) is 13.4. The number of fused-ring (bicyclic) bond motifs is 8. The second-order valence-corrected chi connectivity index (χ2v) is 14.4. The van der Waals surface area contributed by atoms with Crippen molar-refractivity contribution in [2.75, 3.05) is 0 Å². The smallest absolute Gasteiger partial charge is 0.165 e. The number of pyridine rings is 1. The zero-order chi connectivity index (χ0) is 35.6. The van der Waals surface area contributed by atoms with E-state index in [1.165, 1.54) is 15.5 Å². The second kappa shape index (κ2) is 12.3. The third kappa shape index (κ3) is 4.99. The number of hydrogen-bond acceptors (Lipinski definition) is 6. The molecule has 11 aromatic rings. The van der Waals surface area contributed by atoms with Crippen molar-refractivity contribution in [1.29, 1.82) is 0 Å². The average molecular weight is 709 g/mol. The number of hydrogen-bond donors (Lipinski definition) is 0. The highest BCUT2D eigenvalue weighted by Crippen LogP contribution is 2.41. The molecule has 0 unspecified atom stereocenters. The van der Waals surface area contributed by atoms with E-state index in [9.17, 15) is 0 Å². The van der Waals surface area contributed by atoms with E-state index in [2.05, 4.69) is 127 Å². The molecular weight excluding hydrogens is 681 g/mol. The lowest BCUT2D eigenvalue weighted by Crippen LogP contribution is -2.00. The molecule has 0 aliphatic carbocycles. The van der Waals surface area contributed by atoms with Gasteiger partial charge in [0.1, 0.15) is 11.2 Å². The molecule has 4 aromatic heterocycles. The molecule has 0 atom stereocenters. The number of benzene rings is 7. The molecule has 0 aliphatic heterocycles. The van der Waals surface area contributed by atoms with Gasteiger partial charge in [0.05, 0.1) is 16.6 Å². The van der Waals surface area contributed by atoms with Gasteiger partial charge in [0.25, 0.3) is 0 Å². The van der Waals surface area contributed by atoms with Gasteiger partial charge in [-0.1, -0.05) is 133 Å². The molecule has 252 valence electrons. The van der Waals surface area contributed by atoms with Crippen molar-refractivity contribution in [3.05, 3.63) is 170 Å². The Morgan fingerprint density at radius 2 is 1.04 bits per heavy atom. The summed E-state index contributed by atoms with van der Waals surface area (Å²) in [6.07, 6.45) is 0. The Bertz CT molecular complexity index is 3220. The van der Waals surface area contributed by atoms with Gasteiger partial charge in [0, 0.05) is 53.2 Å². The Hall–Kier alpha value is -7.02. The van der Waals surface area contributed by atoms with Crippen molar-refractivity contribution in [3.63, 3.8) is 0 Å². The van der Waals surface area contributed by atoms with Crippen LogP contribution in [0.5, 0.6) is 0 Å². The molecule has 0 amide bonds. The van der Waals surface area contributed by atoms with Crippen LogP contribution in [-0.2, 0) is 0 Å².